The number of benzene rings is 1. The molecule has 0 saturated carbocycles. The van der Waals surface area contributed by atoms with Crippen LogP contribution in [0.15, 0.2) is 36.5 Å². The normalized spacial score (nSPS) is 11.2. The van der Waals surface area contributed by atoms with Crippen molar-refractivity contribution < 1.29 is 14.6 Å². The maximum absolute atomic E-state index is 11.0. The van der Waals surface area contributed by atoms with Gasteiger partial charge in [0.15, 0.2) is 0 Å². The Hall–Kier alpha value is -2.07. The molecule has 0 aliphatic heterocycles. The van der Waals surface area contributed by atoms with Gasteiger partial charge in [-0.15, -0.1) is 0 Å². The average Bonchev–Trinajstić information content (AvgIpc) is 2.40. The van der Waals surface area contributed by atoms with Gasteiger partial charge in [-0.05, 0) is 29.2 Å². The molecule has 2 rings (SSSR count). The number of carboxylic acids is 1. The summed E-state index contributed by atoms with van der Waals surface area (Å²) in [5, 5.41) is 9.20. The largest absolute Gasteiger partial charge is 0.478 e. The number of nitrogens with zero attached hydrogens (tertiary/aromatic N) is 1. The maximum Gasteiger partial charge on any atom is 0.337 e. The molecule has 0 saturated heterocycles. The molecule has 21 heavy (non-hydrogen) atoms. The molecular formula is C16H16ClNO3. The number of hydrogen-bond acceptors (Lipinski definition) is 3. The van der Waals surface area contributed by atoms with E-state index in [9.17, 15) is 4.79 Å². The summed E-state index contributed by atoms with van der Waals surface area (Å²) >= 11 is 5.81. The van der Waals surface area contributed by atoms with E-state index in [0.717, 1.165) is 5.56 Å². The lowest BCUT2D eigenvalue weighted by molar-refractivity contribution is 0.0696. The number of aromatic carboxylic acids is 1. The van der Waals surface area contributed by atoms with Crippen molar-refractivity contribution >= 4 is 17.6 Å². The van der Waals surface area contributed by atoms with Gasteiger partial charge in [0.2, 0.25) is 5.88 Å². The fourth-order valence-electron chi connectivity index (χ4n) is 1.74. The Labute approximate surface area is 128 Å². The summed E-state index contributed by atoms with van der Waals surface area (Å²) in [6, 6.07) is 8.17. The molecule has 5 heteroatoms. The van der Waals surface area contributed by atoms with Crippen LogP contribution in [0, 0.1) is 0 Å². The van der Waals surface area contributed by atoms with Gasteiger partial charge in [-0.25, -0.2) is 9.78 Å². The molecule has 1 aromatic heterocycles. The molecule has 0 aliphatic carbocycles. The standard InChI is InChI=1S/C16H16ClNO3/c1-16(2,3)10-4-7-14(18-9-10)21-11-5-6-13(17)12(8-11)15(19)20/h4-9H,1-3H3,(H,19,20). The first-order valence-electron chi connectivity index (χ1n) is 6.44. The summed E-state index contributed by atoms with van der Waals surface area (Å²) in [4.78, 5) is 15.3. The molecule has 0 atom stereocenters. The number of hydrogen-bond donors (Lipinski definition) is 1. The third-order valence-electron chi connectivity index (χ3n) is 2.99. The quantitative estimate of drug-likeness (QED) is 0.905. The Bertz CT molecular complexity index is 660. The van der Waals surface area contributed by atoms with Crippen molar-refractivity contribution in [2.75, 3.05) is 0 Å². The number of rotatable bonds is 3. The molecule has 1 heterocycles. The highest BCUT2D eigenvalue weighted by Gasteiger charge is 2.14. The van der Waals surface area contributed by atoms with Gasteiger partial charge in [-0.3, -0.25) is 0 Å². The van der Waals surface area contributed by atoms with Crippen molar-refractivity contribution in [3.05, 3.63) is 52.7 Å². The van der Waals surface area contributed by atoms with E-state index >= 15 is 0 Å². The minimum absolute atomic E-state index is 0.000443. The van der Waals surface area contributed by atoms with Crippen molar-refractivity contribution in [3.8, 4) is 11.6 Å². The molecule has 0 radical (unpaired) electrons. The number of aromatic nitrogens is 1. The van der Waals surface area contributed by atoms with E-state index in [1.165, 1.54) is 12.1 Å². The van der Waals surface area contributed by atoms with Crippen molar-refractivity contribution in [1.82, 2.24) is 4.98 Å². The molecule has 110 valence electrons. The molecule has 0 amide bonds. The van der Waals surface area contributed by atoms with Crippen LogP contribution in [0.25, 0.3) is 0 Å². The molecule has 1 N–H and O–H groups in total. The lowest BCUT2D eigenvalue weighted by Gasteiger charge is -2.18. The second-order valence-corrected chi connectivity index (χ2v) is 6.09. The molecule has 4 nitrogen and oxygen atoms in total. The number of carbonyl (C=O) groups is 1. The van der Waals surface area contributed by atoms with Gasteiger partial charge < -0.3 is 9.84 Å². The van der Waals surface area contributed by atoms with Gasteiger partial charge in [0.1, 0.15) is 5.75 Å². The van der Waals surface area contributed by atoms with E-state index < -0.39 is 5.97 Å². The number of carboxylic acid groups (broad SMARTS) is 1. The molecule has 0 spiro atoms. The third-order valence-corrected chi connectivity index (χ3v) is 3.32. The van der Waals surface area contributed by atoms with Gasteiger partial charge in [0.05, 0.1) is 10.6 Å². The fourth-order valence-corrected chi connectivity index (χ4v) is 1.94. The van der Waals surface area contributed by atoms with Gasteiger partial charge in [-0.2, -0.15) is 0 Å². The lowest BCUT2D eigenvalue weighted by atomic mass is 9.88. The summed E-state index contributed by atoms with van der Waals surface area (Å²) in [6.45, 7) is 6.30. The minimum Gasteiger partial charge on any atom is -0.478 e. The minimum atomic E-state index is -1.10. The molecule has 1 aromatic carbocycles. The van der Waals surface area contributed by atoms with Crippen LogP contribution < -0.4 is 4.74 Å². The van der Waals surface area contributed by atoms with Crippen LogP contribution in [0.1, 0.15) is 36.7 Å². The number of pyridine rings is 1. The van der Waals surface area contributed by atoms with Crippen LogP contribution >= 0.6 is 11.6 Å². The summed E-state index contributed by atoms with van der Waals surface area (Å²) in [5.74, 6) is -0.309. The van der Waals surface area contributed by atoms with Crippen LogP contribution in [0.5, 0.6) is 11.6 Å². The zero-order valence-corrected chi connectivity index (χ0v) is 12.8. The summed E-state index contributed by atoms with van der Waals surface area (Å²) < 4.78 is 5.56. The molecule has 2 aromatic rings. The van der Waals surface area contributed by atoms with Gasteiger partial charge >= 0.3 is 5.97 Å². The van der Waals surface area contributed by atoms with Gasteiger partial charge in [0.25, 0.3) is 0 Å². The van der Waals surface area contributed by atoms with E-state index in [-0.39, 0.29) is 16.0 Å². The van der Waals surface area contributed by atoms with Gasteiger partial charge in [0, 0.05) is 12.3 Å². The smallest absolute Gasteiger partial charge is 0.337 e. The molecular weight excluding hydrogens is 290 g/mol. The van der Waals surface area contributed by atoms with E-state index in [1.54, 1.807) is 18.3 Å². The third kappa shape index (κ3) is 3.73. The van der Waals surface area contributed by atoms with Gasteiger partial charge in [-0.1, -0.05) is 38.4 Å². The SMILES string of the molecule is CC(C)(C)c1ccc(Oc2ccc(Cl)c(C(=O)O)c2)nc1. The van der Waals surface area contributed by atoms with E-state index in [2.05, 4.69) is 25.8 Å². The van der Waals surface area contributed by atoms with E-state index in [1.807, 2.05) is 6.07 Å². The Morgan fingerprint density at radius 1 is 1.24 bits per heavy atom. The van der Waals surface area contributed by atoms with Crippen LogP contribution in [-0.4, -0.2) is 16.1 Å². The Morgan fingerprint density at radius 2 is 1.95 bits per heavy atom. The zero-order valence-electron chi connectivity index (χ0n) is 12.1. The fraction of sp³-hybridized carbons (Fsp3) is 0.250. The van der Waals surface area contributed by atoms with Crippen LogP contribution in [0.4, 0.5) is 0 Å². The van der Waals surface area contributed by atoms with Crippen molar-refractivity contribution in [2.45, 2.75) is 26.2 Å². The van der Waals surface area contributed by atoms with E-state index in [0.29, 0.717) is 11.6 Å². The molecule has 0 unspecified atom stereocenters. The highest BCUT2D eigenvalue weighted by Crippen LogP contribution is 2.27. The predicted molar refractivity (Wildman–Crippen MR) is 81.4 cm³/mol. The second-order valence-electron chi connectivity index (χ2n) is 5.68. The monoisotopic (exact) mass is 305 g/mol. The van der Waals surface area contributed by atoms with Crippen molar-refractivity contribution in [1.29, 1.82) is 0 Å². The first-order valence-corrected chi connectivity index (χ1v) is 6.82. The number of halogens is 1. The Balaban J connectivity index is 2.22. The summed E-state index contributed by atoms with van der Waals surface area (Å²) in [6.07, 6.45) is 1.75. The Kier molecular flexibility index (Phi) is 4.19. The predicted octanol–water partition coefficient (Wildman–Crippen LogP) is 4.52. The highest BCUT2D eigenvalue weighted by molar-refractivity contribution is 6.33. The number of ether oxygens (including phenoxy) is 1. The Morgan fingerprint density at radius 3 is 2.48 bits per heavy atom. The maximum atomic E-state index is 11.0. The summed E-state index contributed by atoms with van der Waals surface area (Å²) in [7, 11) is 0. The van der Waals surface area contributed by atoms with Crippen LogP contribution in [-0.2, 0) is 5.41 Å². The summed E-state index contributed by atoms with van der Waals surface area (Å²) in [5.41, 5.74) is 1.11. The molecule has 0 bridgehead atoms. The van der Waals surface area contributed by atoms with Crippen LogP contribution in [0.3, 0.4) is 0 Å². The topological polar surface area (TPSA) is 59.4 Å². The van der Waals surface area contributed by atoms with Crippen LogP contribution in [0.2, 0.25) is 5.02 Å². The zero-order chi connectivity index (χ0) is 15.6. The lowest BCUT2D eigenvalue weighted by Crippen LogP contribution is -2.11. The van der Waals surface area contributed by atoms with Crippen molar-refractivity contribution in [2.24, 2.45) is 0 Å². The molecule has 0 aliphatic rings. The van der Waals surface area contributed by atoms with E-state index in [4.69, 9.17) is 21.4 Å². The second kappa shape index (κ2) is 5.74. The molecule has 0 fully saturated rings. The van der Waals surface area contributed by atoms with Crippen molar-refractivity contribution in [3.63, 3.8) is 0 Å². The highest BCUT2D eigenvalue weighted by atomic mass is 35.5. The average molecular weight is 306 g/mol. The first-order chi connectivity index (χ1) is 9.77. The first kappa shape index (κ1) is 15.3.